The number of halogens is 1. The summed E-state index contributed by atoms with van der Waals surface area (Å²) in [5.74, 6) is 1.19. The van der Waals surface area contributed by atoms with Gasteiger partial charge >= 0.3 is 0 Å². The second-order valence-electron chi connectivity index (χ2n) is 11.4. The van der Waals surface area contributed by atoms with E-state index in [1.165, 1.54) is 0 Å². The maximum absolute atomic E-state index is 14.5. The van der Waals surface area contributed by atoms with Crippen molar-refractivity contribution in [1.82, 2.24) is 5.32 Å². The topological polar surface area (TPSA) is 133 Å². The number of sulfone groups is 1. The molecule has 1 heterocycles. The van der Waals surface area contributed by atoms with Crippen LogP contribution in [0.3, 0.4) is 0 Å². The zero-order chi connectivity index (χ0) is 34.9. The van der Waals surface area contributed by atoms with Gasteiger partial charge in [0.2, 0.25) is 5.90 Å². The lowest BCUT2D eigenvalue weighted by Crippen LogP contribution is -2.49. The van der Waals surface area contributed by atoms with Crippen molar-refractivity contribution in [2.75, 3.05) is 39.7 Å². The molecular weight excluding hydrogens is 712 g/mol. The summed E-state index contributed by atoms with van der Waals surface area (Å²) in [7, 11) is -0.652. The molecule has 0 radical (unpaired) electrons. The summed E-state index contributed by atoms with van der Waals surface area (Å²) >= 11 is 3.48. The van der Waals surface area contributed by atoms with Crippen molar-refractivity contribution >= 4 is 37.6 Å². The predicted octanol–water partition coefficient (Wildman–Crippen LogP) is 5.71. The van der Waals surface area contributed by atoms with Crippen LogP contribution in [0.25, 0.3) is 0 Å². The molecule has 5 rings (SSSR count). The van der Waals surface area contributed by atoms with Crippen LogP contribution in [0, 0.1) is 0 Å². The van der Waals surface area contributed by atoms with Gasteiger partial charge in [0.15, 0.2) is 33.0 Å². The van der Waals surface area contributed by atoms with Gasteiger partial charge in [-0.3, -0.25) is 4.79 Å². The monoisotopic (exact) mass is 750 g/mol. The predicted molar refractivity (Wildman–Crippen MR) is 190 cm³/mol. The molecule has 2 N–H and O–H groups in total. The number of carbonyl (C=O) groups is 1. The van der Waals surface area contributed by atoms with E-state index < -0.39 is 27.4 Å². The molecule has 0 spiro atoms. The number of ether oxygens (including phenoxy) is 4. The normalized spacial score (nSPS) is 17.1. The van der Waals surface area contributed by atoms with E-state index >= 15 is 0 Å². The Morgan fingerprint density at radius 3 is 2.35 bits per heavy atom. The van der Waals surface area contributed by atoms with Gasteiger partial charge in [0.05, 0.1) is 31.5 Å². The maximum Gasteiger partial charge on any atom is 0.252 e. The lowest BCUT2D eigenvalue weighted by atomic mass is 9.85. The third-order valence-corrected chi connectivity index (χ3v) is 10.5. The van der Waals surface area contributed by atoms with Gasteiger partial charge in [-0.05, 0) is 78.2 Å². The van der Waals surface area contributed by atoms with Crippen molar-refractivity contribution < 1.29 is 37.3 Å². The number of nitrogens with zero attached hydrogens (tertiary/aromatic N) is 1. The molecule has 0 unspecified atom stereocenters. The quantitative estimate of drug-likeness (QED) is 0.139. The van der Waals surface area contributed by atoms with E-state index in [0.717, 1.165) is 10.0 Å². The number of amides is 1. The highest BCUT2D eigenvalue weighted by atomic mass is 79.9. The van der Waals surface area contributed by atoms with Crippen LogP contribution in [-0.2, 0) is 25.8 Å². The van der Waals surface area contributed by atoms with Gasteiger partial charge in [0, 0.05) is 36.0 Å². The summed E-state index contributed by atoms with van der Waals surface area (Å²) in [4.78, 5) is 19.6. The number of carbonyl (C=O) groups excluding carboxylic acids is 1. The molecule has 12 heteroatoms. The van der Waals surface area contributed by atoms with E-state index in [2.05, 4.69) is 21.2 Å². The van der Waals surface area contributed by atoms with E-state index in [-0.39, 0.29) is 36.1 Å². The van der Waals surface area contributed by atoms with E-state index in [1.54, 1.807) is 74.9 Å². The first-order chi connectivity index (χ1) is 23.7. The number of aliphatic imine (C=N–C) groups is 1. The molecular formula is C37H39BrN2O8S. The van der Waals surface area contributed by atoms with Crippen LogP contribution in [0.15, 0.2) is 111 Å². The summed E-state index contributed by atoms with van der Waals surface area (Å²) in [6.07, 6.45) is -0.0908. The number of benzene rings is 4. The van der Waals surface area contributed by atoms with Gasteiger partial charge in [-0.2, -0.15) is 0 Å². The number of nitrogens with one attached hydrogen (secondary N) is 1. The van der Waals surface area contributed by atoms with Crippen molar-refractivity contribution in [3.8, 4) is 17.2 Å². The van der Waals surface area contributed by atoms with Gasteiger partial charge in [-0.15, -0.1) is 0 Å². The zero-order valence-corrected chi connectivity index (χ0v) is 29.7. The third kappa shape index (κ3) is 8.62. The van der Waals surface area contributed by atoms with Crippen LogP contribution < -0.4 is 19.5 Å². The Kier molecular flexibility index (Phi) is 12.0. The lowest BCUT2D eigenvalue weighted by Gasteiger charge is -2.30. The summed E-state index contributed by atoms with van der Waals surface area (Å²) in [5, 5.41) is 12.1. The average Bonchev–Trinajstić information content (AvgIpc) is 3.52. The molecule has 4 aromatic carbocycles. The van der Waals surface area contributed by atoms with Crippen molar-refractivity contribution in [3.05, 3.63) is 118 Å². The Morgan fingerprint density at radius 2 is 1.67 bits per heavy atom. The molecule has 1 aliphatic heterocycles. The summed E-state index contributed by atoms with van der Waals surface area (Å²) in [6, 6.07) is 28.2. The first kappa shape index (κ1) is 35.9. The second kappa shape index (κ2) is 16.3. The Bertz CT molecular complexity index is 1850. The molecule has 2 atom stereocenters. The SMILES string of the molecule is COc1ccc(CCNC(=O)[C@]2(CCS(=O)(=O)c3ccccc3)N=C(c3ccc(OCCCO)cc3)O[C@@H]2c2ccc(Br)cc2)cc1OC. The molecule has 0 fully saturated rings. The zero-order valence-electron chi connectivity index (χ0n) is 27.3. The van der Waals surface area contributed by atoms with Crippen molar-refractivity contribution in [1.29, 1.82) is 0 Å². The molecule has 0 saturated carbocycles. The minimum absolute atomic E-state index is 0.0264. The Balaban J connectivity index is 1.50. The molecule has 0 saturated heterocycles. The Morgan fingerprint density at radius 1 is 0.959 bits per heavy atom. The van der Waals surface area contributed by atoms with Crippen molar-refractivity contribution in [2.24, 2.45) is 4.99 Å². The number of aliphatic hydroxyl groups is 1. The minimum Gasteiger partial charge on any atom is -0.494 e. The molecule has 0 aromatic heterocycles. The highest BCUT2D eigenvalue weighted by Crippen LogP contribution is 2.43. The summed E-state index contributed by atoms with van der Waals surface area (Å²) in [5.41, 5.74) is 0.552. The molecule has 258 valence electrons. The molecule has 4 aromatic rings. The first-order valence-electron chi connectivity index (χ1n) is 15.8. The number of aliphatic hydroxyl groups excluding tert-OH is 1. The number of rotatable bonds is 16. The van der Waals surface area contributed by atoms with Gasteiger partial charge in [0.25, 0.3) is 5.91 Å². The van der Waals surface area contributed by atoms with Gasteiger partial charge in [-0.25, -0.2) is 13.4 Å². The first-order valence-corrected chi connectivity index (χ1v) is 18.3. The molecule has 10 nitrogen and oxygen atoms in total. The van der Waals surface area contributed by atoms with E-state index in [9.17, 15) is 13.2 Å². The highest BCUT2D eigenvalue weighted by Gasteiger charge is 2.53. The lowest BCUT2D eigenvalue weighted by molar-refractivity contribution is -0.129. The van der Waals surface area contributed by atoms with Crippen LogP contribution >= 0.6 is 15.9 Å². The second-order valence-corrected chi connectivity index (χ2v) is 14.4. The molecule has 49 heavy (non-hydrogen) atoms. The maximum atomic E-state index is 14.5. The fourth-order valence-electron chi connectivity index (χ4n) is 5.55. The van der Waals surface area contributed by atoms with Gasteiger partial charge in [-0.1, -0.05) is 52.3 Å². The third-order valence-electron chi connectivity index (χ3n) is 8.20. The van der Waals surface area contributed by atoms with E-state index in [0.29, 0.717) is 47.8 Å². The molecule has 1 aliphatic rings. The fraction of sp³-hybridized carbons (Fsp3) is 0.297. The Hall–Kier alpha value is -4.39. The van der Waals surface area contributed by atoms with Crippen LogP contribution in [0.4, 0.5) is 0 Å². The highest BCUT2D eigenvalue weighted by molar-refractivity contribution is 9.10. The van der Waals surface area contributed by atoms with Gasteiger partial charge < -0.3 is 29.4 Å². The standard InChI is InChI=1S/C37H39BrN2O8S/c1-45-32-18-9-26(25-33(32)46-2)19-21-39-36(42)37(20-24-49(43,44)31-7-4-3-5-8-31)34(27-10-14-29(38)15-11-27)48-35(40-37)28-12-16-30(17-13-28)47-23-6-22-41/h3-5,7-18,25,34,41H,6,19-24H2,1-2H3,(H,39,42)/t34-,37-/m1/s1. The van der Waals surface area contributed by atoms with Crippen LogP contribution in [0.2, 0.25) is 0 Å². The largest absolute Gasteiger partial charge is 0.494 e. The average molecular weight is 752 g/mol. The molecule has 0 aliphatic carbocycles. The van der Waals surface area contributed by atoms with Crippen LogP contribution in [-0.4, -0.2) is 70.6 Å². The van der Waals surface area contributed by atoms with Crippen molar-refractivity contribution in [2.45, 2.75) is 35.8 Å². The van der Waals surface area contributed by atoms with Gasteiger partial charge in [0.1, 0.15) is 5.75 Å². The smallest absolute Gasteiger partial charge is 0.252 e. The van der Waals surface area contributed by atoms with Crippen LogP contribution in [0.5, 0.6) is 17.2 Å². The van der Waals surface area contributed by atoms with E-state index in [1.807, 2.05) is 36.4 Å². The summed E-state index contributed by atoms with van der Waals surface area (Å²) in [6.45, 7) is 0.638. The number of hydrogen-bond donors (Lipinski definition) is 2. The molecule has 1 amide bonds. The minimum atomic E-state index is -3.78. The van der Waals surface area contributed by atoms with E-state index in [4.69, 9.17) is 29.0 Å². The Labute approximate surface area is 295 Å². The number of methoxy groups -OCH3 is 2. The van der Waals surface area contributed by atoms with Crippen molar-refractivity contribution in [3.63, 3.8) is 0 Å². The van der Waals surface area contributed by atoms with Crippen LogP contribution in [0.1, 0.15) is 35.6 Å². The molecule has 0 bridgehead atoms. The summed E-state index contributed by atoms with van der Waals surface area (Å²) < 4.78 is 51.0. The fourth-order valence-corrected chi connectivity index (χ4v) is 7.20. The number of hydrogen-bond acceptors (Lipinski definition) is 9.